The normalized spacial score (nSPS) is 15.4. The number of nitrogens with zero attached hydrogens (tertiary/aromatic N) is 5. The van der Waals surface area contributed by atoms with E-state index >= 15 is 0 Å². The minimum atomic E-state index is 0.284. The molecule has 6 nitrogen and oxygen atoms in total. The lowest BCUT2D eigenvalue weighted by Gasteiger charge is -2.31. The van der Waals surface area contributed by atoms with Crippen LogP contribution in [0.25, 0.3) is 0 Å². The fourth-order valence-corrected chi connectivity index (χ4v) is 4.21. The van der Waals surface area contributed by atoms with E-state index in [2.05, 4.69) is 22.4 Å². The fourth-order valence-electron chi connectivity index (χ4n) is 3.36. The van der Waals surface area contributed by atoms with E-state index < -0.39 is 0 Å². The number of tetrazole rings is 1. The van der Waals surface area contributed by atoms with Gasteiger partial charge in [-0.2, -0.15) is 0 Å². The summed E-state index contributed by atoms with van der Waals surface area (Å²) in [5.41, 5.74) is 0. The SMILES string of the molecule is CCCCCCn1nnnc1SCCCC(=O)N(C)C1CCCCC1. The van der Waals surface area contributed by atoms with E-state index in [1.807, 2.05) is 16.6 Å². The summed E-state index contributed by atoms with van der Waals surface area (Å²) in [6.07, 6.45) is 12.5. The van der Waals surface area contributed by atoms with Gasteiger partial charge in [-0.25, -0.2) is 4.68 Å². The lowest BCUT2D eigenvalue weighted by Crippen LogP contribution is -2.38. The van der Waals surface area contributed by atoms with Crippen LogP contribution in [-0.2, 0) is 11.3 Å². The predicted octanol–water partition coefficient (Wildman–Crippen LogP) is 3.92. The molecular formula is C18H33N5OS. The van der Waals surface area contributed by atoms with Crippen LogP contribution in [0.2, 0.25) is 0 Å². The van der Waals surface area contributed by atoms with Crippen LogP contribution in [0.4, 0.5) is 0 Å². The molecule has 142 valence electrons. The van der Waals surface area contributed by atoms with Gasteiger partial charge in [-0.1, -0.05) is 57.2 Å². The molecule has 0 aromatic carbocycles. The highest BCUT2D eigenvalue weighted by atomic mass is 32.2. The second-order valence-corrected chi connectivity index (χ2v) is 8.06. The van der Waals surface area contributed by atoms with Crippen LogP contribution < -0.4 is 0 Å². The molecule has 1 aliphatic carbocycles. The maximum absolute atomic E-state index is 12.3. The third-order valence-corrected chi connectivity index (χ3v) is 6.05. The number of hydrogen-bond acceptors (Lipinski definition) is 5. The Balaban J connectivity index is 1.63. The zero-order valence-corrected chi connectivity index (χ0v) is 16.6. The number of aryl methyl sites for hydroxylation is 1. The Hall–Kier alpha value is -1.11. The van der Waals surface area contributed by atoms with E-state index in [0.717, 1.165) is 30.3 Å². The number of amides is 1. The Morgan fingerprint density at radius 3 is 2.76 bits per heavy atom. The Morgan fingerprint density at radius 2 is 2.00 bits per heavy atom. The third-order valence-electron chi connectivity index (χ3n) is 5.00. The molecule has 1 aromatic rings. The van der Waals surface area contributed by atoms with E-state index in [1.54, 1.807) is 11.8 Å². The largest absolute Gasteiger partial charge is 0.343 e. The molecule has 0 radical (unpaired) electrons. The van der Waals surface area contributed by atoms with Crippen LogP contribution in [0.15, 0.2) is 5.16 Å². The summed E-state index contributed by atoms with van der Waals surface area (Å²) in [7, 11) is 1.97. The van der Waals surface area contributed by atoms with Crippen molar-refractivity contribution in [2.45, 2.75) is 95.3 Å². The number of rotatable bonds is 11. The molecule has 25 heavy (non-hydrogen) atoms. The molecule has 1 aromatic heterocycles. The summed E-state index contributed by atoms with van der Waals surface area (Å²) in [4.78, 5) is 14.3. The number of carbonyl (C=O) groups is 1. The highest BCUT2D eigenvalue weighted by Gasteiger charge is 2.21. The molecule has 0 N–H and O–H groups in total. The minimum Gasteiger partial charge on any atom is -0.343 e. The molecular weight excluding hydrogens is 334 g/mol. The molecule has 0 spiro atoms. The van der Waals surface area contributed by atoms with Crippen LogP contribution in [-0.4, -0.2) is 49.9 Å². The Bertz CT molecular complexity index is 501. The number of unbranched alkanes of at least 4 members (excludes halogenated alkanes) is 3. The van der Waals surface area contributed by atoms with Crippen molar-refractivity contribution in [3.63, 3.8) is 0 Å². The molecule has 2 rings (SSSR count). The van der Waals surface area contributed by atoms with Gasteiger partial charge in [-0.3, -0.25) is 4.79 Å². The lowest BCUT2D eigenvalue weighted by molar-refractivity contribution is -0.132. The molecule has 0 saturated heterocycles. The van der Waals surface area contributed by atoms with Crippen molar-refractivity contribution in [3.05, 3.63) is 0 Å². The van der Waals surface area contributed by atoms with Gasteiger partial charge < -0.3 is 4.90 Å². The monoisotopic (exact) mass is 367 g/mol. The van der Waals surface area contributed by atoms with Crippen molar-refractivity contribution < 1.29 is 4.79 Å². The zero-order chi connectivity index (χ0) is 17.9. The van der Waals surface area contributed by atoms with Crippen molar-refractivity contribution in [3.8, 4) is 0 Å². The first kappa shape index (κ1) is 20.2. The molecule has 0 bridgehead atoms. The van der Waals surface area contributed by atoms with Gasteiger partial charge in [-0.15, -0.1) is 5.10 Å². The first-order valence-electron chi connectivity index (χ1n) is 9.87. The quantitative estimate of drug-likeness (QED) is 0.438. The number of thioether (sulfide) groups is 1. The molecule has 1 amide bonds. The highest BCUT2D eigenvalue weighted by Crippen LogP contribution is 2.23. The van der Waals surface area contributed by atoms with Crippen LogP contribution in [0.5, 0.6) is 0 Å². The summed E-state index contributed by atoms with van der Waals surface area (Å²) >= 11 is 1.66. The van der Waals surface area contributed by atoms with Crippen molar-refractivity contribution in [2.24, 2.45) is 0 Å². The molecule has 0 unspecified atom stereocenters. The van der Waals surface area contributed by atoms with E-state index in [4.69, 9.17) is 0 Å². The maximum atomic E-state index is 12.3. The van der Waals surface area contributed by atoms with Crippen LogP contribution in [0.3, 0.4) is 0 Å². The van der Waals surface area contributed by atoms with Gasteiger partial charge in [0, 0.05) is 31.8 Å². The lowest BCUT2D eigenvalue weighted by atomic mass is 9.94. The third kappa shape index (κ3) is 6.96. The second-order valence-electron chi connectivity index (χ2n) is 6.99. The van der Waals surface area contributed by atoms with Crippen LogP contribution in [0, 0.1) is 0 Å². The van der Waals surface area contributed by atoms with E-state index in [1.165, 1.54) is 51.4 Å². The molecule has 1 saturated carbocycles. The number of hydrogen-bond donors (Lipinski definition) is 0. The average Bonchev–Trinajstić information content (AvgIpc) is 3.09. The van der Waals surface area contributed by atoms with Gasteiger partial charge in [0.05, 0.1) is 0 Å². The Labute approximate surface area is 156 Å². The molecule has 7 heteroatoms. The summed E-state index contributed by atoms with van der Waals surface area (Å²) in [6, 6.07) is 0.462. The first-order chi connectivity index (χ1) is 12.2. The van der Waals surface area contributed by atoms with E-state index in [9.17, 15) is 4.79 Å². The van der Waals surface area contributed by atoms with Crippen molar-refractivity contribution >= 4 is 17.7 Å². The molecule has 1 aliphatic rings. The zero-order valence-electron chi connectivity index (χ0n) is 15.8. The number of aromatic nitrogens is 4. The molecule has 1 fully saturated rings. The molecule has 0 atom stereocenters. The second kappa shape index (κ2) is 11.5. The summed E-state index contributed by atoms with van der Waals surface area (Å²) < 4.78 is 1.90. The Kier molecular flexibility index (Phi) is 9.29. The number of carbonyl (C=O) groups excluding carboxylic acids is 1. The topological polar surface area (TPSA) is 63.9 Å². The Morgan fingerprint density at radius 1 is 1.20 bits per heavy atom. The smallest absolute Gasteiger partial charge is 0.222 e. The van der Waals surface area contributed by atoms with Crippen LogP contribution >= 0.6 is 11.8 Å². The van der Waals surface area contributed by atoms with Gasteiger partial charge in [0.15, 0.2) is 0 Å². The van der Waals surface area contributed by atoms with Crippen molar-refractivity contribution in [1.82, 2.24) is 25.1 Å². The van der Waals surface area contributed by atoms with Gasteiger partial charge in [0.25, 0.3) is 0 Å². The van der Waals surface area contributed by atoms with E-state index in [-0.39, 0.29) is 5.91 Å². The van der Waals surface area contributed by atoms with Gasteiger partial charge in [0.1, 0.15) is 0 Å². The predicted molar refractivity (Wildman–Crippen MR) is 102 cm³/mol. The molecule has 0 aliphatic heterocycles. The standard InChI is InChI=1S/C18H33N5OS/c1-3-4-5-9-14-23-18(19-20-21-23)25-15-10-13-17(24)22(2)16-11-7-6-8-12-16/h16H,3-15H2,1-2H3. The van der Waals surface area contributed by atoms with Crippen molar-refractivity contribution in [2.75, 3.05) is 12.8 Å². The first-order valence-corrected chi connectivity index (χ1v) is 10.9. The summed E-state index contributed by atoms with van der Waals surface area (Å²) in [5.74, 6) is 1.17. The van der Waals surface area contributed by atoms with Gasteiger partial charge in [0.2, 0.25) is 11.1 Å². The van der Waals surface area contributed by atoms with Gasteiger partial charge in [-0.05, 0) is 36.1 Å². The van der Waals surface area contributed by atoms with E-state index in [0.29, 0.717) is 12.5 Å². The maximum Gasteiger partial charge on any atom is 0.222 e. The summed E-state index contributed by atoms with van der Waals surface area (Å²) in [5, 5.41) is 12.9. The fraction of sp³-hybridized carbons (Fsp3) is 0.889. The van der Waals surface area contributed by atoms with Crippen molar-refractivity contribution in [1.29, 1.82) is 0 Å². The average molecular weight is 368 g/mol. The summed E-state index contributed by atoms with van der Waals surface area (Å²) in [6.45, 7) is 3.10. The molecule has 1 heterocycles. The van der Waals surface area contributed by atoms with Gasteiger partial charge >= 0.3 is 0 Å². The highest BCUT2D eigenvalue weighted by molar-refractivity contribution is 7.99. The van der Waals surface area contributed by atoms with Crippen LogP contribution in [0.1, 0.15) is 77.6 Å². The minimum absolute atomic E-state index is 0.284.